The van der Waals surface area contributed by atoms with Gasteiger partial charge in [0.25, 0.3) is 0 Å². The molecule has 3 nitrogen and oxygen atoms in total. The highest BCUT2D eigenvalue weighted by Gasteiger charge is 2.39. The van der Waals surface area contributed by atoms with Gasteiger partial charge in [-0.25, -0.2) is 15.0 Å². The van der Waals surface area contributed by atoms with Gasteiger partial charge in [-0.1, -0.05) is 183 Å². The third-order valence-electron chi connectivity index (χ3n) is 10.9. The molecular formula is C49H35N3Si. The maximum atomic E-state index is 5.27. The zero-order valence-electron chi connectivity index (χ0n) is 29.6. The van der Waals surface area contributed by atoms with Crippen molar-refractivity contribution in [3.05, 3.63) is 176 Å². The molecule has 10 rings (SSSR count). The van der Waals surface area contributed by atoms with Crippen LogP contribution in [0.2, 0.25) is 13.1 Å². The maximum absolute atomic E-state index is 5.27. The van der Waals surface area contributed by atoms with Crippen molar-refractivity contribution in [1.29, 1.82) is 0 Å². The average molecular weight is 694 g/mol. The molecule has 0 bridgehead atoms. The summed E-state index contributed by atoms with van der Waals surface area (Å²) in [7, 11) is -1.99. The standard InChI is InChI=1S/C49H35N3Si/c1-53(2)44-21-11-20-42(46(44)43-30-38-15-6-7-16-39(38)31-45(43)53)49-51-47(36-26-22-33(23-27-36)32-12-4-3-5-13-32)50-48(52-49)37-28-24-35(25-29-37)41-19-10-17-34-14-8-9-18-40(34)41/h3-31H,1-2H3. The van der Waals surface area contributed by atoms with Crippen molar-refractivity contribution < 1.29 is 0 Å². The first kappa shape index (κ1) is 31.3. The molecule has 0 radical (unpaired) electrons. The molecule has 8 aromatic carbocycles. The SMILES string of the molecule is C[Si]1(C)c2cc3ccccc3cc2-c2c(-c3nc(-c4ccc(-c5ccccc5)cc4)nc(-c4ccc(-c5cccc6ccccc56)cc4)n3)cccc21. The second-order valence-corrected chi connectivity index (χ2v) is 18.8. The van der Waals surface area contributed by atoms with E-state index in [9.17, 15) is 0 Å². The molecule has 1 aromatic heterocycles. The number of hydrogen-bond acceptors (Lipinski definition) is 3. The fourth-order valence-corrected chi connectivity index (χ4v) is 11.2. The Hall–Kier alpha value is -6.49. The van der Waals surface area contributed by atoms with E-state index in [1.807, 2.05) is 6.07 Å². The van der Waals surface area contributed by atoms with E-state index in [1.165, 1.54) is 54.2 Å². The third kappa shape index (κ3) is 5.30. The van der Waals surface area contributed by atoms with Crippen LogP contribution in [-0.4, -0.2) is 23.0 Å². The number of benzene rings is 8. The smallest absolute Gasteiger partial charge is 0.164 e. The summed E-state index contributed by atoms with van der Waals surface area (Å²) >= 11 is 0. The molecule has 53 heavy (non-hydrogen) atoms. The first-order valence-corrected chi connectivity index (χ1v) is 21.2. The fraction of sp³-hybridized carbons (Fsp3) is 0.0408. The van der Waals surface area contributed by atoms with Crippen LogP contribution in [-0.2, 0) is 0 Å². The molecule has 0 aliphatic carbocycles. The number of hydrogen-bond donors (Lipinski definition) is 0. The molecule has 0 unspecified atom stereocenters. The van der Waals surface area contributed by atoms with E-state index in [4.69, 9.17) is 15.0 Å². The molecule has 250 valence electrons. The Kier molecular flexibility index (Phi) is 7.27. The van der Waals surface area contributed by atoms with Gasteiger partial charge in [0.1, 0.15) is 8.07 Å². The van der Waals surface area contributed by atoms with Gasteiger partial charge in [0, 0.05) is 16.7 Å². The molecule has 0 fully saturated rings. The summed E-state index contributed by atoms with van der Waals surface area (Å²) in [6.07, 6.45) is 0. The van der Waals surface area contributed by atoms with E-state index in [2.05, 4.69) is 183 Å². The Morgan fingerprint density at radius 2 is 0.849 bits per heavy atom. The van der Waals surface area contributed by atoms with Crippen LogP contribution in [0.4, 0.5) is 0 Å². The topological polar surface area (TPSA) is 38.7 Å². The van der Waals surface area contributed by atoms with E-state index in [0.29, 0.717) is 17.5 Å². The first-order valence-electron chi connectivity index (χ1n) is 18.2. The summed E-state index contributed by atoms with van der Waals surface area (Å²) in [5, 5.41) is 7.90. The van der Waals surface area contributed by atoms with Crippen LogP contribution in [0.3, 0.4) is 0 Å². The molecular weight excluding hydrogens is 659 g/mol. The second kappa shape index (κ2) is 12.3. The van der Waals surface area contributed by atoms with Crippen LogP contribution in [0.5, 0.6) is 0 Å². The van der Waals surface area contributed by atoms with Crippen LogP contribution in [0, 0.1) is 0 Å². The lowest BCUT2D eigenvalue weighted by Gasteiger charge is -2.19. The summed E-state index contributed by atoms with van der Waals surface area (Å²) in [6.45, 7) is 4.93. The lowest BCUT2D eigenvalue weighted by atomic mass is 9.96. The summed E-state index contributed by atoms with van der Waals surface area (Å²) in [6, 6.07) is 62.9. The molecule has 0 amide bonds. The van der Waals surface area contributed by atoms with Gasteiger partial charge in [0.15, 0.2) is 17.5 Å². The van der Waals surface area contributed by atoms with Crippen molar-refractivity contribution >= 4 is 40.0 Å². The van der Waals surface area contributed by atoms with Gasteiger partial charge < -0.3 is 0 Å². The van der Waals surface area contributed by atoms with E-state index in [1.54, 1.807) is 0 Å². The van der Waals surface area contributed by atoms with Crippen LogP contribution >= 0.6 is 0 Å². The summed E-state index contributed by atoms with van der Waals surface area (Å²) in [4.78, 5) is 15.7. The van der Waals surface area contributed by atoms with Crippen molar-refractivity contribution in [2.75, 3.05) is 0 Å². The average Bonchev–Trinajstić information content (AvgIpc) is 3.45. The molecule has 2 heterocycles. The Morgan fingerprint density at radius 1 is 0.340 bits per heavy atom. The van der Waals surface area contributed by atoms with Crippen LogP contribution in [0.15, 0.2) is 176 Å². The van der Waals surface area contributed by atoms with Gasteiger partial charge in [-0.2, -0.15) is 0 Å². The Balaban J connectivity index is 1.14. The Morgan fingerprint density at radius 3 is 1.57 bits per heavy atom. The molecule has 0 spiro atoms. The van der Waals surface area contributed by atoms with Crippen molar-refractivity contribution in [2.45, 2.75) is 13.1 Å². The molecule has 9 aromatic rings. The van der Waals surface area contributed by atoms with Crippen molar-refractivity contribution in [3.63, 3.8) is 0 Å². The largest absolute Gasteiger partial charge is 0.208 e. The van der Waals surface area contributed by atoms with E-state index < -0.39 is 8.07 Å². The van der Waals surface area contributed by atoms with Gasteiger partial charge >= 0.3 is 0 Å². The minimum Gasteiger partial charge on any atom is -0.208 e. The van der Waals surface area contributed by atoms with Gasteiger partial charge in [-0.3, -0.25) is 0 Å². The van der Waals surface area contributed by atoms with Crippen molar-refractivity contribution in [3.8, 4) is 67.5 Å². The summed E-state index contributed by atoms with van der Waals surface area (Å²) in [5.41, 5.74) is 10.2. The highest BCUT2D eigenvalue weighted by Crippen LogP contribution is 2.38. The van der Waals surface area contributed by atoms with E-state index in [0.717, 1.165) is 27.8 Å². The molecule has 4 heteroatoms. The maximum Gasteiger partial charge on any atom is 0.164 e. The summed E-state index contributed by atoms with van der Waals surface area (Å²) < 4.78 is 0. The van der Waals surface area contributed by atoms with Crippen LogP contribution < -0.4 is 10.4 Å². The number of rotatable bonds is 5. The normalized spacial score (nSPS) is 12.9. The number of nitrogens with zero attached hydrogens (tertiary/aromatic N) is 3. The summed E-state index contributed by atoms with van der Waals surface area (Å²) in [5.74, 6) is 2.01. The predicted octanol–water partition coefficient (Wildman–Crippen LogP) is 11.3. The highest BCUT2D eigenvalue weighted by atomic mass is 28.3. The molecule has 0 atom stereocenters. The van der Waals surface area contributed by atoms with Crippen LogP contribution in [0.25, 0.3) is 89.1 Å². The lowest BCUT2D eigenvalue weighted by molar-refractivity contribution is 1.07. The monoisotopic (exact) mass is 693 g/mol. The molecule has 0 saturated carbocycles. The number of fused-ring (bicyclic) bond motifs is 5. The van der Waals surface area contributed by atoms with Gasteiger partial charge in [-0.05, 0) is 71.4 Å². The zero-order chi connectivity index (χ0) is 35.5. The first-order chi connectivity index (χ1) is 26.0. The zero-order valence-corrected chi connectivity index (χ0v) is 30.6. The molecule has 0 saturated heterocycles. The minimum absolute atomic E-state index is 0.660. The van der Waals surface area contributed by atoms with E-state index >= 15 is 0 Å². The lowest BCUT2D eigenvalue weighted by Crippen LogP contribution is -2.49. The highest BCUT2D eigenvalue weighted by molar-refractivity contribution is 7.04. The third-order valence-corrected chi connectivity index (χ3v) is 14.5. The van der Waals surface area contributed by atoms with Crippen molar-refractivity contribution in [2.24, 2.45) is 0 Å². The van der Waals surface area contributed by atoms with Gasteiger partial charge in [0.2, 0.25) is 0 Å². The number of aromatic nitrogens is 3. The van der Waals surface area contributed by atoms with E-state index in [-0.39, 0.29) is 0 Å². The van der Waals surface area contributed by atoms with Crippen molar-refractivity contribution in [1.82, 2.24) is 15.0 Å². The fourth-order valence-electron chi connectivity index (χ4n) is 8.13. The molecule has 0 N–H and O–H groups in total. The molecule has 1 aliphatic heterocycles. The quantitative estimate of drug-likeness (QED) is 0.168. The van der Waals surface area contributed by atoms with Gasteiger partial charge in [0.05, 0.1) is 0 Å². The Bertz CT molecular complexity index is 2840. The van der Waals surface area contributed by atoms with Gasteiger partial charge in [-0.15, -0.1) is 0 Å². The molecule has 1 aliphatic rings. The Labute approximate surface area is 310 Å². The minimum atomic E-state index is -1.99. The predicted molar refractivity (Wildman–Crippen MR) is 224 cm³/mol. The van der Waals surface area contributed by atoms with Crippen LogP contribution in [0.1, 0.15) is 0 Å². The second-order valence-electron chi connectivity index (χ2n) is 14.5.